The van der Waals surface area contributed by atoms with E-state index in [-0.39, 0.29) is 6.10 Å². The van der Waals surface area contributed by atoms with E-state index in [1.165, 1.54) is 12.8 Å². The zero-order valence-electron chi connectivity index (χ0n) is 13.2. The molecule has 2 aliphatic rings. The van der Waals surface area contributed by atoms with Crippen LogP contribution in [-0.2, 0) is 4.74 Å². The predicted molar refractivity (Wildman–Crippen MR) is 79.1 cm³/mol. The van der Waals surface area contributed by atoms with Crippen molar-refractivity contribution < 1.29 is 9.26 Å². The average molecular weight is 294 g/mol. The van der Waals surface area contributed by atoms with Crippen molar-refractivity contribution in [1.29, 1.82) is 0 Å². The molecule has 1 saturated carbocycles. The Morgan fingerprint density at radius 1 is 1.33 bits per heavy atom. The predicted octanol–water partition coefficient (Wildman–Crippen LogP) is 1.71. The number of morpholine rings is 1. The summed E-state index contributed by atoms with van der Waals surface area (Å²) >= 11 is 0. The summed E-state index contributed by atoms with van der Waals surface area (Å²) in [6.45, 7) is 6.97. The molecule has 3 rings (SSSR count). The van der Waals surface area contributed by atoms with Crippen molar-refractivity contribution in [3.63, 3.8) is 0 Å². The van der Waals surface area contributed by atoms with Crippen LogP contribution in [0, 0.1) is 0 Å². The van der Waals surface area contributed by atoms with E-state index in [0.717, 1.165) is 32.0 Å². The Labute approximate surface area is 126 Å². The number of nitrogens with zero attached hydrogens (tertiary/aromatic N) is 3. The largest absolute Gasteiger partial charge is 0.367 e. The molecule has 1 aliphatic heterocycles. The zero-order valence-corrected chi connectivity index (χ0v) is 13.2. The third-order valence-corrected chi connectivity index (χ3v) is 4.78. The van der Waals surface area contributed by atoms with Crippen LogP contribution >= 0.6 is 0 Å². The van der Waals surface area contributed by atoms with Gasteiger partial charge in [0.15, 0.2) is 0 Å². The summed E-state index contributed by atoms with van der Waals surface area (Å²) in [6, 6.07) is 0.976. The molecule has 1 saturated heterocycles. The van der Waals surface area contributed by atoms with Crippen LogP contribution in [0.15, 0.2) is 4.52 Å². The lowest BCUT2D eigenvalue weighted by Crippen LogP contribution is -2.42. The van der Waals surface area contributed by atoms with E-state index in [4.69, 9.17) is 9.26 Å². The smallest absolute Gasteiger partial charge is 0.231 e. The minimum atomic E-state index is -0.0620. The second-order valence-corrected chi connectivity index (χ2v) is 6.37. The van der Waals surface area contributed by atoms with E-state index < -0.39 is 0 Å². The van der Waals surface area contributed by atoms with Gasteiger partial charge in [-0.1, -0.05) is 11.6 Å². The molecule has 1 aliphatic carbocycles. The highest BCUT2D eigenvalue weighted by Crippen LogP contribution is 2.34. The van der Waals surface area contributed by atoms with E-state index in [9.17, 15) is 0 Å². The first kappa shape index (κ1) is 14.9. The van der Waals surface area contributed by atoms with Gasteiger partial charge in [0.25, 0.3) is 0 Å². The average Bonchev–Trinajstić information content (AvgIpc) is 3.15. The molecule has 3 atom stereocenters. The summed E-state index contributed by atoms with van der Waals surface area (Å²) in [5, 5.41) is 7.54. The number of likely N-dealkylation sites (N-methyl/N-ethyl adjacent to an activating group) is 1. The second kappa shape index (κ2) is 6.42. The lowest BCUT2D eigenvalue weighted by atomic mass is 10.0. The molecule has 0 aromatic carbocycles. The molecule has 0 spiro atoms. The van der Waals surface area contributed by atoms with Crippen molar-refractivity contribution in [3.05, 3.63) is 11.7 Å². The number of nitrogens with one attached hydrogen (secondary N) is 1. The van der Waals surface area contributed by atoms with Gasteiger partial charge >= 0.3 is 0 Å². The lowest BCUT2D eigenvalue weighted by Gasteiger charge is -2.34. The molecule has 0 bridgehead atoms. The minimum absolute atomic E-state index is 0.0620. The van der Waals surface area contributed by atoms with Gasteiger partial charge in [0.05, 0.1) is 12.5 Å². The first-order valence-corrected chi connectivity index (χ1v) is 8.05. The van der Waals surface area contributed by atoms with Crippen LogP contribution in [-0.4, -0.2) is 53.9 Å². The standard InChI is InChI=1S/C15H26N4O2/c1-10(2)19-7-8-20-13(9-19)14-17-15(21-18-14)11-5-4-6-12(11)16-3/h10-13,16H,4-9H2,1-3H3. The van der Waals surface area contributed by atoms with Gasteiger partial charge < -0.3 is 14.6 Å². The van der Waals surface area contributed by atoms with Crippen LogP contribution in [0.2, 0.25) is 0 Å². The van der Waals surface area contributed by atoms with Crippen LogP contribution in [0.25, 0.3) is 0 Å². The fourth-order valence-corrected chi connectivity index (χ4v) is 3.42. The molecule has 6 heteroatoms. The van der Waals surface area contributed by atoms with E-state index in [2.05, 4.69) is 34.2 Å². The molecule has 118 valence electrons. The normalized spacial score (nSPS) is 31.1. The maximum atomic E-state index is 5.83. The van der Waals surface area contributed by atoms with Crippen LogP contribution in [0.5, 0.6) is 0 Å². The van der Waals surface area contributed by atoms with Crippen molar-refractivity contribution in [1.82, 2.24) is 20.4 Å². The molecule has 0 radical (unpaired) electrons. The van der Waals surface area contributed by atoms with Crippen molar-refractivity contribution in [2.24, 2.45) is 0 Å². The fraction of sp³-hybridized carbons (Fsp3) is 0.867. The molecule has 1 aromatic rings. The van der Waals surface area contributed by atoms with Crippen molar-refractivity contribution >= 4 is 0 Å². The molecule has 3 unspecified atom stereocenters. The molecule has 0 amide bonds. The molecular formula is C15H26N4O2. The van der Waals surface area contributed by atoms with E-state index in [1.54, 1.807) is 0 Å². The van der Waals surface area contributed by atoms with Crippen LogP contribution in [0.1, 0.15) is 56.8 Å². The van der Waals surface area contributed by atoms with Crippen molar-refractivity contribution in [2.75, 3.05) is 26.7 Å². The molecule has 1 aromatic heterocycles. The summed E-state index contributed by atoms with van der Waals surface area (Å²) in [5.74, 6) is 1.82. The topological polar surface area (TPSA) is 63.4 Å². The quantitative estimate of drug-likeness (QED) is 0.912. The third kappa shape index (κ3) is 3.12. The Hall–Kier alpha value is -0.980. The minimum Gasteiger partial charge on any atom is -0.367 e. The Balaban J connectivity index is 1.69. The molecule has 2 fully saturated rings. The number of aromatic nitrogens is 2. The number of ether oxygens (including phenoxy) is 1. The number of hydrogen-bond acceptors (Lipinski definition) is 6. The molecule has 2 heterocycles. The summed E-state index contributed by atoms with van der Waals surface area (Å²) in [4.78, 5) is 7.04. The van der Waals surface area contributed by atoms with Gasteiger partial charge in [-0.05, 0) is 33.7 Å². The Morgan fingerprint density at radius 3 is 2.95 bits per heavy atom. The van der Waals surface area contributed by atoms with E-state index in [1.807, 2.05) is 7.05 Å². The van der Waals surface area contributed by atoms with Gasteiger partial charge in [0, 0.05) is 25.2 Å². The van der Waals surface area contributed by atoms with Crippen molar-refractivity contribution in [3.8, 4) is 0 Å². The maximum Gasteiger partial charge on any atom is 0.231 e. The van der Waals surface area contributed by atoms with Gasteiger partial charge in [-0.2, -0.15) is 4.98 Å². The van der Waals surface area contributed by atoms with Gasteiger partial charge in [-0.3, -0.25) is 4.90 Å². The Bertz CT molecular complexity index is 462. The van der Waals surface area contributed by atoms with E-state index in [0.29, 0.717) is 23.8 Å². The molecule has 1 N–H and O–H groups in total. The first-order valence-electron chi connectivity index (χ1n) is 8.05. The van der Waals surface area contributed by atoms with Crippen LogP contribution < -0.4 is 5.32 Å². The summed E-state index contributed by atoms with van der Waals surface area (Å²) in [6.07, 6.45) is 3.46. The SMILES string of the molecule is CNC1CCCC1c1nc(C2CN(C(C)C)CCO2)no1. The Morgan fingerprint density at radius 2 is 2.19 bits per heavy atom. The van der Waals surface area contributed by atoms with Gasteiger partial charge in [0.2, 0.25) is 11.7 Å². The van der Waals surface area contributed by atoms with Gasteiger partial charge in [0.1, 0.15) is 6.10 Å². The molecule has 6 nitrogen and oxygen atoms in total. The maximum absolute atomic E-state index is 5.83. The highest BCUT2D eigenvalue weighted by Gasteiger charge is 2.34. The second-order valence-electron chi connectivity index (χ2n) is 6.37. The van der Waals surface area contributed by atoms with Gasteiger partial charge in [-0.25, -0.2) is 0 Å². The number of hydrogen-bond donors (Lipinski definition) is 1. The Kier molecular flexibility index (Phi) is 4.57. The number of rotatable bonds is 4. The molecule has 21 heavy (non-hydrogen) atoms. The van der Waals surface area contributed by atoms with Crippen LogP contribution in [0.4, 0.5) is 0 Å². The monoisotopic (exact) mass is 294 g/mol. The lowest BCUT2D eigenvalue weighted by molar-refractivity contribution is -0.0450. The highest BCUT2D eigenvalue weighted by molar-refractivity contribution is 5.04. The highest BCUT2D eigenvalue weighted by atomic mass is 16.5. The summed E-state index contributed by atoms with van der Waals surface area (Å²) in [5.41, 5.74) is 0. The first-order chi connectivity index (χ1) is 10.2. The van der Waals surface area contributed by atoms with Crippen molar-refractivity contribution in [2.45, 2.75) is 57.2 Å². The van der Waals surface area contributed by atoms with E-state index >= 15 is 0 Å². The third-order valence-electron chi connectivity index (χ3n) is 4.78. The summed E-state index contributed by atoms with van der Waals surface area (Å²) < 4.78 is 11.4. The van der Waals surface area contributed by atoms with Crippen LogP contribution in [0.3, 0.4) is 0 Å². The summed E-state index contributed by atoms with van der Waals surface area (Å²) in [7, 11) is 2.00. The zero-order chi connectivity index (χ0) is 14.8. The fourth-order valence-electron chi connectivity index (χ4n) is 3.42. The molecular weight excluding hydrogens is 268 g/mol. The van der Waals surface area contributed by atoms with Gasteiger partial charge in [-0.15, -0.1) is 0 Å².